The van der Waals surface area contributed by atoms with Gasteiger partial charge in [0.25, 0.3) is 0 Å². The number of rotatable bonds is 5. The minimum atomic E-state index is 0.537. The number of aromatic nitrogens is 2. The van der Waals surface area contributed by atoms with Crippen LogP contribution in [0.3, 0.4) is 0 Å². The van der Waals surface area contributed by atoms with E-state index in [1.165, 1.54) is 0 Å². The number of hydrogen-bond acceptors (Lipinski definition) is 4. The van der Waals surface area contributed by atoms with Crippen molar-refractivity contribution in [2.24, 2.45) is 5.73 Å². The van der Waals surface area contributed by atoms with E-state index in [4.69, 9.17) is 10.7 Å². The number of nitrogens with zero attached hydrogens (tertiary/aromatic N) is 3. The highest BCUT2D eigenvalue weighted by Gasteiger charge is 2.15. The van der Waals surface area contributed by atoms with E-state index in [0.717, 1.165) is 51.2 Å². The van der Waals surface area contributed by atoms with Gasteiger partial charge in [-0.25, -0.2) is 9.97 Å². The molecule has 2 N–H and O–H groups in total. The van der Waals surface area contributed by atoms with Gasteiger partial charge in [0.15, 0.2) is 0 Å². The summed E-state index contributed by atoms with van der Waals surface area (Å²) < 4.78 is 0. The maximum absolute atomic E-state index is 5.76. The van der Waals surface area contributed by atoms with Crippen molar-refractivity contribution in [1.82, 2.24) is 9.97 Å². The lowest BCUT2D eigenvalue weighted by atomic mass is 9.97. The van der Waals surface area contributed by atoms with Crippen molar-refractivity contribution in [1.29, 1.82) is 0 Å². The molecule has 140 valence electrons. The van der Waals surface area contributed by atoms with E-state index in [2.05, 4.69) is 78.5 Å². The first-order chi connectivity index (χ1) is 13.7. The standard InChI is InChI=1S/C24H24N4/c1-3-28(2)24-21-15-20(18-7-5-4-6-8-18)23(27-22(21)13-14-26-24)19-11-9-17(16-25)10-12-19/h4-15H,3,16,25H2,1-2H3. The second kappa shape index (κ2) is 7.79. The molecule has 0 radical (unpaired) electrons. The SMILES string of the molecule is CCN(C)c1nccc2nc(-c3ccc(CN)cc3)c(-c3ccccc3)cc12. The molecule has 4 rings (SSSR count). The Hall–Kier alpha value is -3.24. The van der Waals surface area contributed by atoms with Crippen LogP contribution in [0, 0.1) is 0 Å². The first-order valence-electron chi connectivity index (χ1n) is 9.57. The molecule has 2 aromatic heterocycles. The molecule has 0 aliphatic carbocycles. The molecule has 4 aromatic rings. The van der Waals surface area contributed by atoms with E-state index < -0.39 is 0 Å². The molecule has 4 nitrogen and oxygen atoms in total. The quantitative estimate of drug-likeness (QED) is 0.545. The van der Waals surface area contributed by atoms with Gasteiger partial charge in [-0.05, 0) is 30.2 Å². The van der Waals surface area contributed by atoms with Crippen molar-refractivity contribution in [3.05, 3.63) is 78.5 Å². The second-order valence-electron chi connectivity index (χ2n) is 6.87. The number of fused-ring (bicyclic) bond motifs is 1. The summed E-state index contributed by atoms with van der Waals surface area (Å²) in [4.78, 5) is 11.8. The monoisotopic (exact) mass is 368 g/mol. The lowest BCUT2D eigenvalue weighted by molar-refractivity contribution is 0.946. The minimum Gasteiger partial charge on any atom is -0.359 e. The molecule has 0 unspecified atom stereocenters. The number of pyridine rings is 2. The van der Waals surface area contributed by atoms with Crippen molar-refractivity contribution < 1.29 is 0 Å². The molecule has 0 fully saturated rings. The summed E-state index contributed by atoms with van der Waals surface area (Å²) in [5.74, 6) is 0.953. The normalized spacial score (nSPS) is 11.0. The number of hydrogen-bond donors (Lipinski definition) is 1. The van der Waals surface area contributed by atoms with Crippen LogP contribution in [0.25, 0.3) is 33.3 Å². The van der Waals surface area contributed by atoms with Gasteiger partial charge >= 0.3 is 0 Å². The Morgan fingerprint density at radius 3 is 2.36 bits per heavy atom. The molecule has 0 saturated heterocycles. The Morgan fingerprint density at radius 2 is 1.68 bits per heavy atom. The van der Waals surface area contributed by atoms with Crippen LogP contribution in [0.15, 0.2) is 72.9 Å². The smallest absolute Gasteiger partial charge is 0.137 e. The highest BCUT2D eigenvalue weighted by atomic mass is 15.2. The predicted molar refractivity (Wildman–Crippen MR) is 117 cm³/mol. The molecule has 0 aliphatic heterocycles. The molecule has 0 atom stereocenters. The second-order valence-corrected chi connectivity index (χ2v) is 6.87. The number of anilines is 1. The van der Waals surface area contributed by atoms with Gasteiger partial charge in [0.2, 0.25) is 0 Å². The van der Waals surface area contributed by atoms with Crippen LogP contribution in [0.2, 0.25) is 0 Å². The third-order valence-corrected chi connectivity index (χ3v) is 5.11. The van der Waals surface area contributed by atoms with Gasteiger partial charge in [0.1, 0.15) is 5.82 Å². The lowest BCUT2D eigenvalue weighted by Crippen LogP contribution is -2.17. The van der Waals surface area contributed by atoms with Crippen LogP contribution in [-0.2, 0) is 6.54 Å². The first kappa shape index (κ1) is 18.1. The average Bonchev–Trinajstić information content (AvgIpc) is 2.78. The van der Waals surface area contributed by atoms with Gasteiger partial charge in [0.05, 0.1) is 11.2 Å². The highest BCUT2D eigenvalue weighted by Crippen LogP contribution is 2.35. The molecule has 0 spiro atoms. The lowest BCUT2D eigenvalue weighted by Gasteiger charge is -2.19. The summed E-state index contributed by atoms with van der Waals surface area (Å²) in [5.41, 5.74) is 12.1. The van der Waals surface area contributed by atoms with Crippen LogP contribution in [0.5, 0.6) is 0 Å². The van der Waals surface area contributed by atoms with E-state index >= 15 is 0 Å². The fourth-order valence-corrected chi connectivity index (χ4v) is 3.39. The van der Waals surface area contributed by atoms with Crippen molar-refractivity contribution in [3.8, 4) is 22.4 Å². The van der Waals surface area contributed by atoms with Crippen LogP contribution < -0.4 is 10.6 Å². The van der Waals surface area contributed by atoms with Gasteiger partial charge < -0.3 is 10.6 Å². The summed E-state index contributed by atoms with van der Waals surface area (Å²) in [7, 11) is 2.06. The zero-order valence-electron chi connectivity index (χ0n) is 16.3. The average molecular weight is 368 g/mol. The van der Waals surface area contributed by atoms with Crippen molar-refractivity contribution >= 4 is 16.7 Å². The molecular formula is C24H24N4. The van der Waals surface area contributed by atoms with E-state index in [1.807, 2.05) is 18.3 Å². The molecule has 0 saturated carbocycles. The molecular weight excluding hydrogens is 344 g/mol. The summed E-state index contributed by atoms with van der Waals surface area (Å²) in [5, 5.41) is 1.06. The molecule has 0 bridgehead atoms. The fraction of sp³-hybridized carbons (Fsp3) is 0.167. The van der Waals surface area contributed by atoms with Crippen LogP contribution >= 0.6 is 0 Å². The maximum atomic E-state index is 5.76. The van der Waals surface area contributed by atoms with Gasteiger partial charge in [-0.3, -0.25) is 0 Å². The largest absolute Gasteiger partial charge is 0.359 e. The molecule has 4 heteroatoms. The van der Waals surface area contributed by atoms with E-state index in [0.29, 0.717) is 6.54 Å². The Labute approximate surface area is 165 Å². The topological polar surface area (TPSA) is 55.0 Å². The summed E-state index contributed by atoms with van der Waals surface area (Å²) in [6.45, 7) is 3.55. The molecule has 0 aliphatic rings. The predicted octanol–water partition coefficient (Wildman–Crippen LogP) is 4.88. The van der Waals surface area contributed by atoms with E-state index in [9.17, 15) is 0 Å². The van der Waals surface area contributed by atoms with Gasteiger partial charge in [0, 0.05) is 42.8 Å². The maximum Gasteiger partial charge on any atom is 0.137 e. The van der Waals surface area contributed by atoms with Crippen molar-refractivity contribution in [2.45, 2.75) is 13.5 Å². The zero-order valence-corrected chi connectivity index (χ0v) is 16.3. The minimum absolute atomic E-state index is 0.537. The fourth-order valence-electron chi connectivity index (χ4n) is 3.39. The number of benzene rings is 2. The molecule has 2 aromatic carbocycles. The zero-order chi connectivity index (χ0) is 19.5. The van der Waals surface area contributed by atoms with Gasteiger partial charge in [-0.1, -0.05) is 54.6 Å². The first-order valence-corrected chi connectivity index (χ1v) is 9.57. The molecule has 28 heavy (non-hydrogen) atoms. The van der Waals surface area contributed by atoms with Crippen molar-refractivity contribution in [2.75, 3.05) is 18.5 Å². The molecule has 2 heterocycles. The van der Waals surface area contributed by atoms with Crippen LogP contribution in [0.4, 0.5) is 5.82 Å². The Bertz CT molecular complexity index is 1090. The summed E-state index contributed by atoms with van der Waals surface area (Å²) in [6, 6.07) is 22.9. The summed E-state index contributed by atoms with van der Waals surface area (Å²) in [6.07, 6.45) is 1.83. The van der Waals surface area contributed by atoms with E-state index in [-0.39, 0.29) is 0 Å². The molecule has 0 amide bonds. The van der Waals surface area contributed by atoms with Gasteiger partial charge in [-0.15, -0.1) is 0 Å². The Kier molecular flexibility index (Phi) is 5.04. The summed E-state index contributed by atoms with van der Waals surface area (Å²) >= 11 is 0. The third-order valence-electron chi connectivity index (χ3n) is 5.11. The van der Waals surface area contributed by atoms with Crippen molar-refractivity contribution in [3.63, 3.8) is 0 Å². The third kappa shape index (κ3) is 3.35. The van der Waals surface area contributed by atoms with Gasteiger partial charge in [-0.2, -0.15) is 0 Å². The van der Waals surface area contributed by atoms with Crippen LogP contribution in [0.1, 0.15) is 12.5 Å². The Balaban J connectivity index is 1.99. The van der Waals surface area contributed by atoms with E-state index in [1.54, 1.807) is 0 Å². The van der Waals surface area contributed by atoms with Crippen LogP contribution in [-0.4, -0.2) is 23.6 Å². The highest BCUT2D eigenvalue weighted by molar-refractivity contribution is 5.97. The Morgan fingerprint density at radius 1 is 0.929 bits per heavy atom. The number of nitrogens with two attached hydrogens (primary N) is 1.